The van der Waals surface area contributed by atoms with Gasteiger partial charge in [0.1, 0.15) is 11.2 Å². The van der Waals surface area contributed by atoms with Gasteiger partial charge in [-0.05, 0) is 52.0 Å². The van der Waals surface area contributed by atoms with Crippen LogP contribution in [0.3, 0.4) is 0 Å². The summed E-state index contributed by atoms with van der Waals surface area (Å²) in [6, 6.07) is 1.24. The predicted octanol–water partition coefficient (Wildman–Crippen LogP) is 1.79. The van der Waals surface area contributed by atoms with Gasteiger partial charge in [-0.15, -0.1) is 0 Å². The number of aromatic nitrogens is 3. The lowest BCUT2D eigenvalue weighted by Gasteiger charge is -2.38. The average Bonchev–Trinajstić information content (AvgIpc) is 3.53. The molecule has 4 rings (SSSR count). The largest absolute Gasteiger partial charge is 0.444 e. The van der Waals surface area contributed by atoms with E-state index in [-0.39, 0.29) is 34.9 Å². The molecule has 1 saturated heterocycles. The minimum Gasteiger partial charge on any atom is -0.444 e. The molecular weight excluding hydrogens is 414 g/mol. The summed E-state index contributed by atoms with van der Waals surface area (Å²) in [5.74, 6) is -0.222. The maximum atomic E-state index is 13.0. The van der Waals surface area contributed by atoms with Crippen LogP contribution in [0.15, 0.2) is 21.9 Å². The van der Waals surface area contributed by atoms with Crippen molar-refractivity contribution in [3.63, 3.8) is 0 Å². The maximum Gasteiger partial charge on any atom is 0.410 e. The van der Waals surface area contributed by atoms with E-state index < -0.39 is 22.9 Å². The highest BCUT2D eigenvalue weighted by Gasteiger charge is 2.33. The third-order valence-electron chi connectivity index (χ3n) is 5.88. The quantitative estimate of drug-likeness (QED) is 0.745. The van der Waals surface area contributed by atoms with Gasteiger partial charge in [0.15, 0.2) is 0 Å². The molecule has 2 aliphatic rings. The summed E-state index contributed by atoms with van der Waals surface area (Å²) in [6.45, 7) is 8.36. The molecule has 172 valence electrons. The van der Waals surface area contributed by atoms with E-state index in [9.17, 15) is 19.2 Å². The number of H-pyrrole nitrogens is 1. The number of aromatic amines is 1. The molecule has 0 bridgehead atoms. The van der Waals surface area contributed by atoms with Crippen molar-refractivity contribution < 1.29 is 14.3 Å². The van der Waals surface area contributed by atoms with Crippen LogP contribution in [0.25, 0.3) is 11.0 Å². The van der Waals surface area contributed by atoms with Crippen LogP contribution < -0.4 is 16.6 Å². The number of pyridine rings is 1. The summed E-state index contributed by atoms with van der Waals surface area (Å²) >= 11 is 0. The van der Waals surface area contributed by atoms with Crippen LogP contribution in [-0.4, -0.2) is 56.2 Å². The number of fused-ring (bicyclic) bond motifs is 1. The van der Waals surface area contributed by atoms with Crippen LogP contribution in [0.1, 0.15) is 63.4 Å². The SMILES string of the molecule is C[C@H]1CCN(C(=O)OC(C)(C)C)C[C@@H]1NC(=O)c1cnc2c(c1)c(=O)[nH]c(=O)n2C1CC1. The molecule has 1 aliphatic heterocycles. The highest BCUT2D eigenvalue weighted by molar-refractivity contribution is 5.97. The topological polar surface area (TPSA) is 126 Å². The summed E-state index contributed by atoms with van der Waals surface area (Å²) < 4.78 is 6.94. The molecular formula is C22H29N5O5. The van der Waals surface area contributed by atoms with Gasteiger partial charge in [-0.2, -0.15) is 0 Å². The molecule has 0 spiro atoms. The zero-order valence-electron chi connectivity index (χ0n) is 18.8. The summed E-state index contributed by atoms with van der Waals surface area (Å²) in [5.41, 5.74) is -1.12. The van der Waals surface area contributed by atoms with Gasteiger partial charge in [-0.3, -0.25) is 19.1 Å². The summed E-state index contributed by atoms with van der Waals surface area (Å²) in [6.07, 6.45) is 3.43. The molecule has 0 radical (unpaired) electrons. The first-order chi connectivity index (χ1) is 15.0. The number of rotatable bonds is 3. The van der Waals surface area contributed by atoms with Crippen LogP contribution in [0.5, 0.6) is 0 Å². The number of amides is 2. The van der Waals surface area contributed by atoms with E-state index in [1.165, 1.54) is 16.8 Å². The van der Waals surface area contributed by atoms with Gasteiger partial charge in [0, 0.05) is 31.4 Å². The minimum atomic E-state index is -0.593. The van der Waals surface area contributed by atoms with Crippen molar-refractivity contribution >= 4 is 23.0 Å². The van der Waals surface area contributed by atoms with Crippen LogP contribution in [0.2, 0.25) is 0 Å². The lowest BCUT2D eigenvalue weighted by atomic mass is 9.93. The zero-order chi connectivity index (χ0) is 23.2. The molecule has 1 saturated carbocycles. The van der Waals surface area contributed by atoms with Gasteiger partial charge in [-0.25, -0.2) is 14.6 Å². The predicted molar refractivity (Wildman–Crippen MR) is 118 cm³/mol. The maximum absolute atomic E-state index is 13.0. The smallest absolute Gasteiger partial charge is 0.410 e. The lowest BCUT2D eigenvalue weighted by Crippen LogP contribution is -2.54. The molecule has 10 nitrogen and oxygen atoms in total. The first kappa shape index (κ1) is 22.0. The van der Waals surface area contributed by atoms with Crippen molar-refractivity contribution in [3.8, 4) is 0 Å². The molecule has 2 aromatic heterocycles. The molecule has 2 amide bonds. The summed E-state index contributed by atoms with van der Waals surface area (Å²) in [5, 5.41) is 3.17. The first-order valence-electron chi connectivity index (χ1n) is 11.0. The Labute approximate surface area is 185 Å². The Morgan fingerprint density at radius 1 is 1.22 bits per heavy atom. The van der Waals surface area contributed by atoms with E-state index in [4.69, 9.17) is 4.74 Å². The van der Waals surface area contributed by atoms with E-state index in [0.29, 0.717) is 18.7 Å². The number of carbonyl (C=O) groups excluding carboxylic acids is 2. The minimum absolute atomic E-state index is 0.0379. The molecule has 2 aromatic rings. The fourth-order valence-electron chi connectivity index (χ4n) is 3.93. The van der Waals surface area contributed by atoms with E-state index in [1.54, 1.807) is 4.90 Å². The highest BCUT2D eigenvalue weighted by Crippen LogP contribution is 2.34. The highest BCUT2D eigenvalue weighted by atomic mass is 16.6. The Balaban J connectivity index is 1.53. The van der Waals surface area contributed by atoms with E-state index in [2.05, 4.69) is 15.3 Å². The van der Waals surface area contributed by atoms with Gasteiger partial charge in [0.25, 0.3) is 11.5 Å². The lowest BCUT2D eigenvalue weighted by molar-refractivity contribution is 0.0146. The Morgan fingerprint density at radius 3 is 2.59 bits per heavy atom. The first-order valence-corrected chi connectivity index (χ1v) is 11.0. The Bertz CT molecular complexity index is 1170. The second-order valence-electron chi connectivity index (χ2n) is 9.73. The molecule has 2 atom stereocenters. The second-order valence-corrected chi connectivity index (χ2v) is 9.73. The number of likely N-dealkylation sites (tertiary alicyclic amines) is 1. The molecule has 2 fully saturated rings. The molecule has 3 heterocycles. The third-order valence-corrected chi connectivity index (χ3v) is 5.88. The summed E-state index contributed by atoms with van der Waals surface area (Å²) in [7, 11) is 0. The van der Waals surface area contributed by atoms with Crippen molar-refractivity contribution in [3.05, 3.63) is 38.7 Å². The third kappa shape index (κ3) is 4.53. The Kier molecular flexibility index (Phi) is 5.56. The van der Waals surface area contributed by atoms with E-state index in [1.807, 2.05) is 27.7 Å². The molecule has 2 N–H and O–H groups in total. The molecule has 10 heteroatoms. The van der Waals surface area contributed by atoms with Crippen LogP contribution in [0, 0.1) is 5.92 Å². The number of ether oxygens (including phenoxy) is 1. The fraction of sp³-hybridized carbons (Fsp3) is 0.591. The van der Waals surface area contributed by atoms with E-state index in [0.717, 1.165) is 19.3 Å². The molecule has 1 aliphatic carbocycles. The monoisotopic (exact) mass is 443 g/mol. The van der Waals surface area contributed by atoms with Crippen molar-refractivity contribution in [1.29, 1.82) is 0 Å². The normalized spacial score (nSPS) is 21.4. The van der Waals surface area contributed by atoms with Crippen molar-refractivity contribution in [1.82, 2.24) is 24.8 Å². The van der Waals surface area contributed by atoms with Gasteiger partial charge in [0.2, 0.25) is 0 Å². The number of piperidine rings is 1. The molecule has 32 heavy (non-hydrogen) atoms. The zero-order valence-corrected chi connectivity index (χ0v) is 18.8. The average molecular weight is 444 g/mol. The van der Waals surface area contributed by atoms with Crippen LogP contribution in [-0.2, 0) is 4.74 Å². The van der Waals surface area contributed by atoms with Crippen molar-refractivity contribution in [2.45, 2.75) is 64.6 Å². The standard InChI is InChI=1S/C22H29N5O5/c1-12-7-8-26(21(31)32-22(2,3)4)11-16(12)24-18(28)13-9-15-17(23-10-13)27(14-5-6-14)20(30)25-19(15)29/h9-10,12,14,16H,5-8,11H2,1-4H3,(H,24,28)(H,25,29,30)/t12-,16-/m0/s1. The number of carbonyl (C=O) groups is 2. The van der Waals surface area contributed by atoms with Crippen LogP contribution in [0.4, 0.5) is 4.79 Å². The van der Waals surface area contributed by atoms with Gasteiger partial charge < -0.3 is 15.0 Å². The Morgan fingerprint density at radius 2 is 1.94 bits per heavy atom. The van der Waals surface area contributed by atoms with E-state index >= 15 is 0 Å². The number of nitrogens with one attached hydrogen (secondary N) is 2. The molecule has 0 unspecified atom stereocenters. The second kappa shape index (κ2) is 8.07. The van der Waals surface area contributed by atoms with Crippen molar-refractivity contribution in [2.24, 2.45) is 5.92 Å². The number of hydrogen-bond acceptors (Lipinski definition) is 6. The van der Waals surface area contributed by atoms with Crippen molar-refractivity contribution in [2.75, 3.05) is 13.1 Å². The molecule has 0 aromatic carbocycles. The Hall–Kier alpha value is -3.17. The number of hydrogen-bond donors (Lipinski definition) is 2. The summed E-state index contributed by atoms with van der Waals surface area (Å²) in [4.78, 5) is 58.1. The van der Waals surface area contributed by atoms with Gasteiger partial charge in [0.05, 0.1) is 10.9 Å². The van der Waals surface area contributed by atoms with Gasteiger partial charge >= 0.3 is 11.8 Å². The fourth-order valence-corrected chi connectivity index (χ4v) is 3.93. The number of nitrogens with zero attached hydrogens (tertiary/aromatic N) is 3. The van der Waals surface area contributed by atoms with Gasteiger partial charge in [-0.1, -0.05) is 6.92 Å². The van der Waals surface area contributed by atoms with Crippen LogP contribution >= 0.6 is 0 Å².